The summed E-state index contributed by atoms with van der Waals surface area (Å²) in [4.78, 5) is 0. The van der Waals surface area contributed by atoms with E-state index in [0.717, 1.165) is 12.2 Å². The zero-order valence-electron chi connectivity index (χ0n) is 17.2. The van der Waals surface area contributed by atoms with Gasteiger partial charge in [-0.15, -0.1) is 5.10 Å². The highest BCUT2D eigenvalue weighted by atomic mass is 15.4. The first-order chi connectivity index (χ1) is 12.0. The molecule has 0 spiro atoms. The average molecular weight is 409 g/mol. The van der Waals surface area contributed by atoms with Crippen LogP contribution in [0.5, 0.6) is 0 Å². The lowest BCUT2D eigenvalue weighted by Crippen LogP contribution is -2.11. The van der Waals surface area contributed by atoms with E-state index in [-0.39, 0.29) is 33.1 Å². The van der Waals surface area contributed by atoms with Crippen LogP contribution in [0.1, 0.15) is 89.4 Å². The van der Waals surface area contributed by atoms with Gasteiger partial charge in [0.15, 0.2) is 0 Å². The zero-order chi connectivity index (χ0) is 19.8. The van der Waals surface area contributed by atoms with E-state index in [1.165, 1.54) is 5.57 Å². The molecule has 0 saturated heterocycles. The summed E-state index contributed by atoms with van der Waals surface area (Å²) in [6.45, 7) is 17.8. The molecule has 1 aliphatic heterocycles. The van der Waals surface area contributed by atoms with Gasteiger partial charge in [0.1, 0.15) is 0 Å². The fraction of sp³-hybridized carbons (Fsp3) is 0.714. The molecule has 0 atom stereocenters. The summed E-state index contributed by atoms with van der Waals surface area (Å²) in [5.74, 6) is 0. The van der Waals surface area contributed by atoms with Crippen molar-refractivity contribution in [3.63, 3.8) is 0 Å². The summed E-state index contributed by atoms with van der Waals surface area (Å²) in [6.07, 6.45) is 7.14. The van der Waals surface area contributed by atoms with Crippen molar-refractivity contribution >= 4 is 0 Å². The van der Waals surface area contributed by atoms with Crippen LogP contribution in [0, 0.1) is 5.41 Å². The maximum atomic E-state index is 3.95. The summed E-state index contributed by atoms with van der Waals surface area (Å²) in [6, 6.07) is 0.428. The Hall–Kier alpha value is -2.38. The molecule has 2 aromatic heterocycles. The van der Waals surface area contributed by atoms with E-state index >= 15 is 0 Å². The van der Waals surface area contributed by atoms with Crippen molar-refractivity contribution in [2.75, 3.05) is 6.54 Å². The highest BCUT2D eigenvalue weighted by molar-refractivity contribution is 5.14. The molecule has 1 aliphatic rings. The van der Waals surface area contributed by atoms with E-state index in [4.69, 9.17) is 0 Å². The molecule has 0 unspecified atom stereocenters. The topological polar surface area (TPSA) is 97.0 Å². The lowest BCUT2D eigenvalue weighted by atomic mass is 9.87. The molecule has 0 amide bonds. The molecular weight excluding hydrogens is 364 g/mol. The van der Waals surface area contributed by atoms with Gasteiger partial charge in [-0.25, -0.2) is 0 Å². The van der Waals surface area contributed by atoms with Gasteiger partial charge in [0.25, 0.3) is 0 Å². The molecule has 2 aromatic rings. The summed E-state index contributed by atoms with van der Waals surface area (Å²) < 4.78 is 1.81. The lowest BCUT2D eigenvalue weighted by Gasteiger charge is -2.17. The van der Waals surface area contributed by atoms with Crippen molar-refractivity contribution in [2.24, 2.45) is 15.6 Å². The minimum Gasteiger partial charge on any atom is -0.250 e. The van der Waals surface area contributed by atoms with Crippen LogP contribution in [0.2, 0.25) is 0 Å². The van der Waals surface area contributed by atoms with E-state index in [1.807, 2.05) is 12.4 Å². The number of nitrogens with one attached hydrogen (secondary N) is 1. The van der Waals surface area contributed by atoms with Crippen LogP contribution in [0.3, 0.4) is 0 Å². The number of aromatic nitrogens is 6. The largest absolute Gasteiger partial charge is 0.250 e. The minimum absolute atomic E-state index is 0. The van der Waals surface area contributed by atoms with Crippen molar-refractivity contribution in [1.29, 1.82) is 0 Å². The van der Waals surface area contributed by atoms with Gasteiger partial charge >= 0.3 is 0 Å². The van der Waals surface area contributed by atoms with Crippen LogP contribution in [0.25, 0.3) is 0 Å². The predicted octanol–water partition coefficient (Wildman–Crippen LogP) is 6.25. The van der Waals surface area contributed by atoms with Crippen LogP contribution < -0.4 is 0 Å². The zero-order valence-corrected chi connectivity index (χ0v) is 17.2. The number of nitrogens with zero attached hydrogens (tertiary/aromatic N) is 7. The molecule has 29 heavy (non-hydrogen) atoms. The van der Waals surface area contributed by atoms with Gasteiger partial charge < -0.3 is 0 Å². The normalized spacial score (nSPS) is 12.2. The molecule has 8 nitrogen and oxygen atoms in total. The minimum atomic E-state index is 0. The number of H-pyrrole nitrogens is 1. The van der Waals surface area contributed by atoms with Crippen molar-refractivity contribution in [3.05, 3.63) is 36.1 Å². The monoisotopic (exact) mass is 408 g/mol. The fourth-order valence-electron chi connectivity index (χ4n) is 1.75. The SMILES string of the molecule is C.C.C.CC(C)(C)C1=CN=NC1.CC(C)(C)c1cn[nH]n1.CC(C)n1ccnn1. The Kier molecular flexibility index (Phi) is 14.8. The highest BCUT2D eigenvalue weighted by Gasteiger charge is 2.18. The van der Waals surface area contributed by atoms with E-state index < -0.39 is 0 Å². The molecule has 0 aliphatic carbocycles. The Bertz CT molecular complexity index is 669. The van der Waals surface area contributed by atoms with Crippen LogP contribution in [0.4, 0.5) is 0 Å². The highest BCUT2D eigenvalue weighted by Crippen LogP contribution is 2.27. The van der Waals surface area contributed by atoms with Crippen LogP contribution in [0.15, 0.2) is 40.6 Å². The molecule has 0 fully saturated rings. The van der Waals surface area contributed by atoms with Gasteiger partial charge in [0.2, 0.25) is 0 Å². The Labute approximate surface area is 178 Å². The van der Waals surface area contributed by atoms with Gasteiger partial charge in [-0.05, 0) is 24.8 Å². The number of hydrogen-bond donors (Lipinski definition) is 1. The second kappa shape index (κ2) is 13.7. The Balaban J connectivity index is -0.000000333. The van der Waals surface area contributed by atoms with Gasteiger partial charge in [0, 0.05) is 17.7 Å². The van der Waals surface area contributed by atoms with Crippen LogP contribution in [-0.4, -0.2) is 36.9 Å². The predicted molar refractivity (Wildman–Crippen MR) is 123 cm³/mol. The number of aromatic amines is 1. The Morgan fingerprint density at radius 3 is 1.83 bits per heavy atom. The molecule has 0 radical (unpaired) electrons. The second-order valence-corrected chi connectivity index (χ2v) is 8.40. The van der Waals surface area contributed by atoms with Gasteiger partial charge in [-0.1, -0.05) is 69.0 Å². The smallest absolute Gasteiger partial charge is 0.0877 e. The molecule has 1 N–H and O–H groups in total. The maximum absolute atomic E-state index is 3.95. The van der Waals surface area contributed by atoms with E-state index in [1.54, 1.807) is 17.1 Å². The van der Waals surface area contributed by atoms with Gasteiger partial charge in [-0.3, -0.25) is 4.68 Å². The first kappa shape index (κ1) is 31.3. The molecule has 3 heterocycles. The molecule has 3 rings (SSSR count). The van der Waals surface area contributed by atoms with Crippen LogP contribution in [-0.2, 0) is 5.41 Å². The standard InChI is InChI=1S/C7H12N2.C6H11N3.C5H9N3.3CH4/c1-7(2,3)6-4-8-9-5-6;1-6(2,3)5-4-7-9-8-5;1-5(2)8-4-3-6-7-8;;;/h4H,5H2,1-3H3;4H,1-3H3,(H,7,8,9);3-5H,1-2H3;3*1H4. The number of azo groups is 1. The van der Waals surface area contributed by atoms with E-state index in [0.29, 0.717) is 6.04 Å². The molecule has 0 saturated carbocycles. The fourth-order valence-corrected chi connectivity index (χ4v) is 1.75. The molecule has 0 aromatic carbocycles. The van der Waals surface area contributed by atoms with E-state index in [9.17, 15) is 0 Å². The Morgan fingerprint density at radius 2 is 1.62 bits per heavy atom. The van der Waals surface area contributed by atoms with E-state index in [2.05, 4.69) is 91.3 Å². The number of rotatable bonds is 1. The first-order valence-corrected chi connectivity index (χ1v) is 8.80. The Morgan fingerprint density at radius 1 is 1.00 bits per heavy atom. The van der Waals surface area contributed by atoms with Crippen LogP contribution >= 0.6 is 0 Å². The summed E-state index contributed by atoms with van der Waals surface area (Å²) in [5.41, 5.74) is 2.70. The third kappa shape index (κ3) is 11.9. The lowest BCUT2D eigenvalue weighted by molar-refractivity contribution is 0.499. The third-order valence-corrected chi connectivity index (χ3v) is 3.65. The third-order valence-electron chi connectivity index (χ3n) is 3.65. The van der Waals surface area contributed by atoms with Gasteiger partial charge in [0.05, 0.1) is 30.8 Å². The second-order valence-electron chi connectivity index (χ2n) is 8.40. The van der Waals surface area contributed by atoms with Crippen molar-refractivity contribution in [2.45, 2.75) is 89.1 Å². The van der Waals surface area contributed by atoms with Gasteiger partial charge in [-0.2, -0.15) is 25.6 Å². The average Bonchev–Trinajstić information content (AvgIpc) is 3.28. The van der Waals surface area contributed by atoms with Crippen molar-refractivity contribution < 1.29 is 0 Å². The summed E-state index contributed by atoms with van der Waals surface area (Å²) in [5, 5.41) is 25.3. The molecule has 168 valence electrons. The maximum Gasteiger partial charge on any atom is 0.0877 e. The van der Waals surface area contributed by atoms with Crippen molar-refractivity contribution in [1.82, 2.24) is 30.4 Å². The summed E-state index contributed by atoms with van der Waals surface area (Å²) >= 11 is 0. The summed E-state index contributed by atoms with van der Waals surface area (Å²) in [7, 11) is 0. The molecular formula is C21H44N8. The van der Waals surface area contributed by atoms with Crippen molar-refractivity contribution in [3.8, 4) is 0 Å². The molecule has 0 bridgehead atoms. The quantitative estimate of drug-likeness (QED) is 0.603. The number of hydrogen-bond acceptors (Lipinski definition) is 6. The first-order valence-electron chi connectivity index (χ1n) is 8.80. The molecule has 8 heteroatoms.